The molecule has 1 amide bonds. The first-order chi connectivity index (χ1) is 30.5. The second-order valence-electron chi connectivity index (χ2n) is 18.2. The Morgan fingerprint density at radius 1 is 0.452 bits per heavy atom. The van der Waals surface area contributed by atoms with Gasteiger partial charge in [-0.1, -0.05) is 217 Å². The summed E-state index contributed by atoms with van der Waals surface area (Å²) in [7, 11) is 0. The van der Waals surface area contributed by atoms with Crippen LogP contribution in [-0.2, 0) is 14.3 Å². The van der Waals surface area contributed by atoms with E-state index < -0.39 is 12.1 Å². The Kier molecular flexibility index (Phi) is 49.6. The average molecular weight is 870 g/mol. The quantitative estimate of drug-likeness (QED) is 0.0322. The highest BCUT2D eigenvalue weighted by molar-refractivity contribution is 5.76. The molecule has 62 heavy (non-hydrogen) atoms. The first-order valence-electron chi connectivity index (χ1n) is 26.9. The van der Waals surface area contributed by atoms with E-state index in [-0.39, 0.29) is 18.5 Å². The van der Waals surface area contributed by atoms with E-state index >= 15 is 0 Å². The zero-order valence-electron chi connectivity index (χ0n) is 41.1. The van der Waals surface area contributed by atoms with Crippen LogP contribution < -0.4 is 5.32 Å². The van der Waals surface area contributed by atoms with Crippen LogP contribution in [0, 0.1) is 0 Å². The van der Waals surface area contributed by atoms with Gasteiger partial charge in [0, 0.05) is 12.8 Å². The summed E-state index contributed by atoms with van der Waals surface area (Å²) < 4.78 is 5.43. The van der Waals surface area contributed by atoms with E-state index in [1.54, 1.807) is 6.08 Å². The molecule has 2 atom stereocenters. The predicted octanol–water partition coefficient (Wildman–Crippen LogP) is 16.2. The van der Waals surface area contributed by atoms with Gasteiger partial charge in [-0.2, -0.15) is 0 Å². The highest BCUT2D eigenvalue weighted by Crippen LogP contribution is 2.16. The Balaban J connectivity index is 3.56. The molecular formula is C56H103NO5. The summed E-state index contributed by atoms with van der Waals surface area (Å²) >= 11 is 0. The van der Waals surface area contributed by atoms with E-state index in [4.69, 9.17) is 4.74 Å². The second kappa shape index (κ2) is 51.5. The number of aliphatic hydroxyl groups excluding tert-OH is 2. The minimum Gasteiger partial charge on any atom is -0.466 e. The maximum atomic E-state index is 12.5. The zero-order valence-corrected chi connectivity index (χ0v) is 41.1. The summed E-state index contributed by atoms with van der Waals surface area (Å²) in [6.07, 6.45) is 64.0. The van der Waals surface area contributed by atoms with Gasteiger partial charge in [0.25, 0.3) is 0 Å². The monoisotopic (exact) mass is 870 g/mol. The highest BCUT2D eigenvalue weighted by Gasteiger charge is 2.18. The van der Waals surface area contributed by atoms with E-state index in [0.717, 1.165) is 103 Å². The Morgan fingerprint density at radius 2 is 0.839 bits per heavy atom. The molecule has 0 aromatic rings. The molecule has 3 N–H and O–H groups in total. The van der Waals surface area contributed by atoms with Crippen molar-refractivity contribution in [3.63, 3.8) is 0 Å². The van der Waals surface area contributed by atoms with Crippen molar-refractivity contribution in [1.82, 2.24) is 5.32 Å². The molecule has 0 aliphatic rings. The molecule has 0 heterocycles. The lowest BCUT2D eigenvalue weighted by Crippen LogP contribution is -2.45. The third-order valence-electron chi connectivity index (χ3n) is 12.0. The number of unbranched alkanes of at least 4 members (excludes halogenated alkanes) is 32. The molecule has 6 heteroatoms. The van der Waals surface area contributed by atoms with Crippen molar-refractivity contribution in [2.75, 3.05) is 13.2 Å². The van der Waals surface area contributed by atoms with Crippen LogP contribution in [-0.4, -0.2) is 47.4 Å². The Bertz CT molecular complexity index is 1050. The topological polar surface area (TPSA) is 95.9 Å². The van der Waals surface area contributed by atoms with Crippen LogP contribution in [0.25, 0.3) is 0 Å². The summed E-state index contributed by atoms with van der Waals surface area (Å²) in [5.41, 5.74) is 0. The van der Waals surface area contributed by atoms with E-state index in [1.807, 2.05) is 6.08 Å². The van der Waals surface area contributed by atoms with Gasteiger partial charge in [-0.25, -0.2) is 0 Å². The van der Waals surface area contributed by atoms with Crippen molar-refractivity contribution < 1.29 is 24.5 Å². The molecule has 0 saturated heterocycles. The molecule has 0 aliphatic carbocycles. The summed E-state index contributed by atoms with van der Waals surface area (Å²) in [5.74, 6) is -0.135. The molecule has 0 fully saturated rings. The minimum absolute atomic E-state index is 0.0402. The Labute approximate surface area is 385 Å². The maximum Gasteiger partial charge on any atom is 0.305 e. The molecular weight excluding hydrogens is 767 g/mol. The van der Waals surface area contributed by atoms with Crippen LogP contribution in [0.5, 0.6) is 0 Å². The van der Waals surface area contributed by atoms with Crippen molar-refractivity contribution in [2.45, 2.75) is 283 Å². The normalized spacial score (nSPS) is 13.0. The van der Waals surface area contributed by atoms with Crippen LogP contribution in [0.2, 0.25) is 0 Å². The lowest BCUT2D eigenvalue weighted by atomic mass is 10.0. The van der Waals surface area contributed by atoms with E-state index in [9.17, 15) is 19.8 Å². The molecule has 0 spiro atoms. The molecule has 0 radical (unpaired) electrons. The van der Waals surface area contributed by atoms with Crippen LogP contribution in [0.1, 0.15) is 271 Å². The molecule has 0 rings (SSSR count). The zero-order chi connectivity index (χ0) is 45.1. The van der Waals surface area contributed by atoms with Gasteiger partial charge in [-0.15, -0.1) is 0 Å². The summed E-state index contributed by atoms with van der Waals surface area (Å²) in [6.45, 7) is 4.77. The van der Waals surface area contributed by atoms with E-state index in [2.05, 4.69) is 55.6 Å². The lowest BCUT2D eigenvalue weighted by Gasteiger charge is -2.20. The number of allylic oxidation sites excluding steroid dienone is 7. The smallest absolute Gasteiger partial charge is 0.305 e. The molecule has 6 nitrogen and oxygen atoms in total. The van der Waals surface area contributed by atoms with Crippen molar-refractivity contribution in [2.24, 2.45) is 0 Å². The molecule has 2 unspecified atom stereocenters. The van der Waals surface area contributed by atoms with E-state index in [1.165, 1.54) is 141 Å². The van der Waals surface area contributed by atoms with Gasteiger partial charge in [0.15, 0.2) is 0 Å². The second-order valence-corrected chi connectivity index (χ2v) is 18.2. The molecule has 0 saturated carbocycles. The standard InChI is InChI=1S/C56H103NO5/c1-3-5-7-9-11-13-15-17-18-19-20-21-22-23-25-28-32-36-40-44-48-54(59)53(52-58)57-55(60)49-45-41-37-33-29-26-27-31-35-39-43-47-51-62-56(61)50-46-42-38-34-30-24-16-14-12-10-8-6-4-2/h8,10,14,16,27,31,44,48,53-54,58-59H,3-7,9,11-13,15,17-26,28-30,32-43,45-47,49-52H2,1-2H3,(H,57,60)/b10-8-,16-14-,31-27-,48-44+. The van der Waals surface area contributed by atoms with Crippen molar-refractivity contribution in [3.05, 3.63) is 48.6 Å². The van der Waals surface area contributed by atoms with Gasteiger partial charge in [-0.3, -0.25) is 9.59 Å². The highest BCUT2D eigenvalue weighted by atomic mass is 16.5. The Morgan fingerprint density at radius 3 is 1.31 bits per heavy atom. The maximum absolute atomic E-state index is 12.5. The fourth-order valence-corrected chi connectivity index (χ4v) is 7.90. The van der Waals surface area contributed by atoms with Gasteiger partial charge < -0.3 is 20.3 Å². The number of carbonyl (C=O) groups excluding carboxylic acids is 2. The summed E-state index contributed by atoms with van der Waals surface area (Å²) in [5, 5.41) is 23.1. The predicted molar refractivity (Wildman–Crippen MR) is 269 cm³/mol. The summed E-state index contributed by atoms with van der Waals surface area (Å²) in [6, 6.07) is -0.649. The fourth-order valence-electron chi connectivity index (χ4n) is 7.90. The largest absolute Gasteiger partial charge is 0.466 e. The van der Waals surface area contributed by atoms with Gasteiger partial charge in [-0.05, 0) is 89.9 Å². The van der Waals surface area contributed by atoms with E-state index in [0.29, 0.717) is 19.4 Å². The van der Waals surface area contributed by atoms with Gasteiger partial charge in [0.2, 0.25) is 5.91 Å². The number of ether oxygens (including phenoxy) is 1. The molecule has 0 aliphatic heterocycles. The third kappa shape index (κ3) is 47.3. The van der Waals surface area contributed by atoms with Crippen molar-refractivity contribution in [3.8, 4) is 0 Å². The molecule has 362 valence electrons. The number of carbonyl (C=O) groups is 2. The minimum atomic E-state index is -0.863. The lowest BCUT2D eigenvalue weighted by molar-refractivity contribution is -0.143. The average Bonchev–Trinajstić information content (AvgIpc) is 3.27. The van der Waals surface area contributed by atoms with Crippen LogP contribution in [0.4, 0.5) is 0 Å². The van der Waals surface area contributed by atoms with Gasteiger partial charge in [0.05, 0.1) is 25.4 Å². The number of hydrogen-bond acceptors (Lipinski definition) is 5. The first-order valence-corrected chi connectivity index (χ1v) is 26.9. The molecule has 0 bridgehead atoms. The van der Waals surface area contributed by atoms with Crippen LogP contribution in [0.15, 0.2) is 48.6 Å². The number of nitrogens with one attached hydrogen (secondary N) is 1. The number of hydrogen-bond donors (Lipinski definition) is 3. The number of rotatable bonds is 49. The number of amides is 1. The SMILES string of the molecule is CCC/C=C\C/C=C\CCCCCCCC(=O)OCCCCC/C=C\CCCCCCCC(=O)NC(CO)C(O)/C=C/CCCCCCCCCCCCCCCCCCCC. The third-order valence-corrected chi connectivity index (χ3v) is 12.0. The molecule has 0 aromatic heterocycles. The number of esters is 1. The van der Waals surface area contributed by atoms with Crippen molar-refractivity contribution >= 4 is 11.9 Å². The fraction of sp³-hybridized carbons (Fsp3) is 0.821. The van der Waals surface area contributed by atoms with Crippen molar-refractivity contribution in [1.29, 1.82) is 0 Å². The van der Waals surface area contributed by atoms with Gasteiger partial charge >= 0.3 is 5.97 Å². The van der Waals surface area contributed by atoms with Crippen LogP contribution in [0.3, 0.4) is 0 Å². The van der Waals surface area contributed by atoms with Crippen LogP contribution >= 0.6 is 0 Å². The first kappa shape index (κ1) is 59.8. The Hall–Kier alpha value is -2.18. The number of aliphatic hydroxyl groups is 2. The summed E-state index contributed by atoms with van der Waals surface area (Å²) in [4.78, 5) is 24.4. The molecule has 0 aromatic carbocycles. The van der Waals surface area contributed by atoms with Gasteiger partial charge in [0.1, 0.15) is 0 Å².